The van der Waals surface area contributed by atoms with Gasteiger partial charge >= 0.3 is 0 Å². The van der Waals surface area contributed by atoms with Crippen LogP contribution in [-0.2, 0) is 10.8 Å². The molecule has 2 heteroatoms. The highest BCUT2D eigenvalue weighted by Crippen LogP contribution is 2.40. The van der Waals surface area contributed by atoms with E-state index in [9.17, 15) is 5.11 Å². The molecule has 0 radical (unpaired) electrons. The molecular formula is C18H29NO. The highest BCUT2D eigenvalue weighted by atomic mass is 16.3. The summed E-state index contributed by atoms with van der Waals surface area (Å²) in [5.41, 5.74) is 8.98. The quantitative estimate of drug-likeness (QED) is 0.794. The van der Waals surface area contributed by atoms with Gasteiger partial charge in [-0.05, 0) is 46.1 Å². The van der Waals surface area contributed by atoms with Crippen LogP contribution in [0.15, 0.2) is 24.8 Å². The van der Waals surface area contributed by atoms with Crippen molar-refractivity contribution in [1.29, 1.82) is 0 Å². The summed E-state index contributed by atoms with van der Waals surface area (Å²) in [4.78, 5) is 0. The average molecular weight is 275 g/mol. The van der Waals surface area contributed by atoms with E-state index in [2.05, 4.69) is 48.1 Å². The lowest BCUT2D eigenvalue weighted by atomic mass is 9.77. The Morgan fingerprint density at radius 3 is 1.80 bits per heavy atom. The van der Waals surface area contributed by atoms with Crippen LogP contribution in [0.3, 0.4) is 0 Å². The lowest BCUT2D eigenvalue weighted by Crippen LogP contribution is -2.20. The fourth-order valence-corrected chi connectivity index (χ4v) is 2.33. The summed E-state index contributed by atoms with van der Waals surface area (Å²) in [6, 6.07) is 4.01. The Balaban J connectivity index is 3.54. The summed E-state index contributed by atoms with van der Waals surface area (Å²) < 4.78 is 0. The van der Waals surface area contributed by atoms with E-state index >= 15 is 0 Å². The molecule has 112 valence electrons. The molecule has 0 unspecified atom stereocenters. The van der Waals surface area contributed by atoms with Crippen molar-refractivity contribution < 1.29 is 5.11 Å². The van der Waals surface area contributed by atoms with Crippen LogP contribution in [0.25, 0.3) is 0 Å². The molecule has 0 saturated carbocycles. The fraction of sp³-hybridized carbons (Fsp3) is 0.556. The minimum atomic E-state index is -0.117. The topological polar surface area (TPSA) is 46.2 Å². The highest BCUT2D eigenvalue weighted by molar-refractivity contribution is 5.50. The Bertz CT molecular complexity index is 454. The summed E-state index contributed by atoms with van der Waals surface area (Å²) in [6.45, 7) is 16.4. The molecule has 2 nitrogen and oxygen atoms in total. The van der Waals surface area contributed by atoms with Crippen molar-refractivity contribution in [1.82, 2.24) is 0 Å². The van der Waals surface area contributed by atoms with Crippen LogP contribution < -0.4 is 5.73 Å². The Hall–Kier alpha value is -1.28. The number of phenolic OH excluding ortho intramolecular Hbond substituents is 1. The number of aromatic hydroxyl groups is 1. The maximum atomic E-state index is 10.6. The Morgan fingerprint density at radius 1 is 1.10 bits per heavy atom. The van der Waals surface area contributed by atoms with Gasteiger partial charge in [-0.3, -0.25) is 0 Å². The van der Waals surface area contributed by atoms with Gasteiger partial charge in [0.15, 0.2) is 0 Å². The summed E-state index contributed by atoms with van der Waals surface area (Å²) in [7, 11) is 0. The molecule has 0 aliphatic rings. The molecule has 0 aromatic heterocycles. The van der Waals surface area contributed by atoms with Crippen LogP contribution in [0.1, 0.15) is 70.7 Å². The number of rotatable bonds is 3. The largest absolute Gasteiger partial charge is 0.507 e. The molecule has 20 heavy (non-hydrogen) atoms. The number of phenols is 1. The van der Waals surface area contributed by atoms with Crippen molar-refractivity contribution in [3.63, 3.8) is 0 Å². The van der Waals surface area contributed by atoms with Gasteiger partial charge in [0.05, 0.1) is 0 Å². The third kappa shape index (κ3) is 3.63. The van der Waals surface area contributed by atoms with Crippen molar-refractivity contribution in [2.75, 3.05) is 0 Å². The highest BCUT2D eigenvalue weighted by Gasteiger charge is 2.27. The van der Waals surface area contributed by atoms with Gasteiger partial charge in [0.1, 0.15) is 5.75 Å². The van der Waals surface area contributed by atoms with Crippen molar-refractivity contribution in [2.45, 2.75) is 64.8 Å². The first-order chi connectivity index (χ1) is 8.98. The van der Waals surface area contributed by atoms with Gasteiger partial charge < -0.3 is 10.8 Å². The van der Waals surface area contributed by atoms with E-state index in [-0.39, 0.29) is 16.9 Å². The molecule has 1 aromatic carbocycles. The van der Waals surface area contributed by atoms with E-state index in [1.807, 2.05) is 18.2 Å². The van der Waals surface area contributed by atoms with E-state index < -0.39 is 0 Å². The van der Waals surface area contributed by atoms with Crippen LogP contribution in [0.2, 0.25) is 0 Å². The average Bonchev–Trinajstić information content (AvgIpc) is 2.26. The van der Waals surface area contributed by atoms with Gasteiger partial charge in [-0.2, -0.15) is 0 Å². The molecule has 0 spiro atoms. The van der Waals surface area contributed by atoms with E-state index in [0.29, 0.717) is 5.75 Å². The zero-order valence-electron chi connectivity index (χ0n) is 13.7. The molecule has 0 fully saturated rings. The molecule has 1 atom stereocenters. The second kappa shape index (κ2) is 5.61. The lowest BCUT2D eigenvalue weighted by Gasteiger charge is -2.29. The van der Waals surface area contributed by atoms with E-state index in [4.69, 9.17) is 5.73 Å². The monoisotopic (exact) mass is 275 g/mol. The maximum absolute atomic E-state index is 10.6. The molecule has 0 aliphatic carbocycles. The first-order valence-corrected chi connectivity index (χ1v) is 7.23. The third-order valence-corrected chi connectivity index (χ3v) is 3.60. The molecule has 1 rings (SSSR count). The zero-order chi connectivity index (χ0) is 15.7. The number of nitrogens with two attached hydrogens (primary N) is 1. The number of hydrogen-bond acceptors (Lipinski definition) is 2. The molecule has 3 N–H and O–H groups in total. The standard InChI is InChI=1S/C18H29NO/c1-8-9-15(19)12-10-13(17(2,3)4)16(20)14(11-12)18(5,6)7/h8,10-11,15,20H,1,9,19H2,2-7H3/t15-/m1/s1. The second-order valence-electron chi connectivity index (χ2n) is 7.60. The first-order valence-electron chi connectivity index (χ1n) is 7.23. The molecule has 0 bridgehead atoms. The molecule has 0 amide bonds. The van der Waals surface area contributed by atoms with E-state index in [0.717, 1.165) is 23.1 Å². The van der Waals surface area contributed by atoms with Gasteiger partial charge in [-0.1, -0.05) is 47.6 Å². The summed E-state index contributed by atoms with van der Waals surface area (Å²) >= 11 is 0. The predicted octanol–water partition coefficient (Wildman–Crippen LogP) is 4.56. The van der Waals surface area contributed by atoms with Gasteiger partial charge in [0, 0.05) is 6.04 Å². The SMILES string of the molecule is C=CC[C@@H](N)c1cc(C(C)(C)C)c(O)c(C(C)(C)C)c1. The summed E-state index contributed by atoms with van der Waals surface area (Å²) in [5, 5.41) is 10.6. The lowest BCUT2D eigenvalue weighted by molar-refractivity contribution is 0.422. The van der Waals surface area contributed by atoms with Crippen molar-refractivity contribution >= 4 is 0 Å². The minimum absolute atomic E-state index is 0.0738. The van der Waals surface area contributed by atoms with Crippen molar-refractivity contribution in [3.05, 3.63) is 41.5 Å². The Morgan fingerprint density at radius 2 is 1.50 bits per heavy atom. The molecular weight excluding hydrogens is 246 g/mol. The van der Waals surface area contributed by atoms with Crippen molar-refractivity contribution in [2.24, 2.45) is 5.73 Å². The van der Waals surface area contributed by atoms with Crippen LogP contribution in [0.5, 0.6) is 5.75 Å². The normalized spacial score (nSPS) is 14.2. The minimum Gasteiger partial charge on any atom is -0.507 e. The fourth-order valence-electron chi connectivity index (χ4n) is 2.33. The van der Waals surface area contributed by atoms with Crippen LogP contribution >= 0.6 is 0 Å². The number of benzene rings is 1. The number of hydrogen-bond donors (Lipinski definition) is 2. The Labute approximate surface area is 123 Å². The van der Waals surface area contributed by atoms with Crippen LogP contribution in [0.4, 0.5) is 0 Å². The van der Waals surface area contributed by atoms with Gasteiger partial charge in [0.25, 0.3) is 0 Å². The molecule has 0 saturated heterocycles. The maximum Gasteiger partial charge on any atom is 0.123 e. The summed E-state index contributed by atoms with van der Waals surface area (Å²) in [6.07, 6.45) is 2.57. The van der Waals surface area contributed by atoms with Gasteiger partial charge in [-0.25, -0.2) is 0 Å². The first kappa shape index (κ1) is 16.8. The van der Waals surface area contributed by atoms with E-state index in [1.54, 1.807) is 0 Å². The molecule has 0 aliphatic heterocycles. The van der Waals surface area contributed by atoms with Crippen molar-refractivity contribution in [3.8, 4) is 5.75 Å². The molecule has 0 heterocycles. The second-order valence-corrected chi connectivity index (χ2v) is 7.60. The van der Waals surface area contributed by atoms with E-state index in [1.165, 1.54) is 0 Å². The van der Waals surface area contributed by atoms with Gasteiger partial charge in [-0.15, -0.1) is 6.58 Å². The van der Waals surface area contributed by atoms with Gasteiger partial charge in [0.2, 0.25) is 0 Å². The van der Waals surface area contributed by atoms with Crippen LogP contribution in [0, 0.1) is 0 Å². The molecule has 1 aromatic rings. The predicted molar refractivity (Wildman–Crippen MR) is 87.2 cm³/mol. The zero-order valence-corrected chi connectivity index (χ0v) is 13.7. The van der Waals surface area contributed by atoms with Crippen LogP contribution in [-0.4, -0.2) is 5.11 Å². The smallest absolute Gasteiger partial charge is 0.123 e. The Kier molecular flexibility index (Phi) is 4.70. The summed E-state index contributed by atoms with van der Waals surface area (Å²) in [5.74, 6) is 0.402. The third-order valence-electron chi connectivity index (χ3n) is 3.60.